The molecule has 0 nitrogen and oxygen atoms in total. The standard InChI is InChI=1S/C13H18S/c14-13(9-5-2-6-10-13)11-12-7-3-1-4-8-12/h1,3-4,7-8,14H,2,5-6,9-11H2. The largest absolute Gasteiger partial charge is 0.172 e. The normalized spacial score (nSPS) is 20.6. The monoisotopic (exact) mass is 206 g/mol. The van der Waals surface area contributed by atoms with Crippen molar-refractivity contribution in [1.82, 2.24) is 0 Å². The van der Waals surface area contributed by atoms with Crippen molar-refractivity contribution in [2.45, 2.75) is 43.3 Å². The Kier molecular flexibility index (Phi) is 3.17. The summed E-state index contributed by atoms with van der Waals surface area (Å²) < 4.78 is 0.277. The van der Waals surface area contributed by atoms with E-state index in [9.17, 15) is 0 Å². The van der Waals surface area contributed by atoms with Crippen molar-refractivity contribution in [3.8, 4) is 0 Å². The molecule has 1 aliphatic carbocycles. The van der Waals surface area contributed by atoms with Crippen LogP contribution in [0.4, 0.5) is 0 Å². The van der Waals surface area contributed by atoms with Crippen LogP contribution >= 0.6 is 12.6 Å². The van der Waals surface area contributed by atoms with Gasteiger partial charge in [-0.15, -0.1) is 0 Å². The summed E-state index contributed by atoms with van der Waals surface area (Å²) in [6.45, 7) is 0. The minimum Gasteiger partial charge on any atom is -0.172 e. The third-order valence-electron chi connectivity index (χ3n) is 3.16. The summed E-state index contributed by atoms with van der Waals surface area (Å²) in [6.07, 6.45) is 7.82. The summed E-state index contributed by atoms with van der Waals surface area (Å²) in [5, 5.41) is 0. The van der Waals surface area contributed by atoms with E-state index in [4.69, 9.17) is 12.6 Å². The molecule has 2 rings (SSSR count). The van der Waals surface area contributed by atoms with Crippen LogP contribution < -0.4 is 0 Å². The molecule has 1 fully saturated rings. The van der Waals surface area contributed by atoms with Gasteiger partial charge in [-0.25, -0.2) is 0 Å². The van der Waals surface area contributed by atoms with Crippen LogP contribution in [0.3, 0.4) is 0 Å². The summed E-state index contributed by atoms with van der Waals surface area (Å²) in [7, 11) is 0. The molecule has 1 saturated carbocycles. The molecule has 1 aromatic carbocycles. The van der Waals surface area contributed by atoms with E-state index in [2.05, 4.69) is 30.3 Å². The van der Waals surface area contributed by atoms with Crippen LogP contribution in [0, 0.1) is 0 Å². The Bertz CT molecular complexity index is 273. The second-order valence-corrected chi connectivity index (χ2v) is 5.40. The topological polar surface area (TPSA) is 0 Å². The highest BCUT2D eigenvalue weighted by atomic mass is 32.1. The first kappa shape index (κ1) is 10.1. The first-order valence-electron chi connectivity index (χ1n) is 5.55. The van der Waals surface area contributed by atoms with Crippen LogP contribution in [0.2, 0.25) is 0 Å². The zero-order valence-electron chi connectivity index (χ0n) is 8.58. The quantitative estimate of drug-likeness (QED) is 0.698. The fraction of sp³-hybridized carbons (Fsp3) is 0.538. The van der Waals surface area contributed by atoms with E-state index in [-0.39, 0.29) is 4.75 Å². The van der Waals surface area contributed by atoms with Gasteiger partial charge in [0, 0.05) is 4.75 Å². The SMILES string of the molecule is SC1(Cc2ccccc2)CCCCC1. The van der Waals surface area contributed by atoms with Crippen molar-refractivity contribution in [1.29, 1.82) is 0 Å². The smallest absolute Gasteiger partial charge is 0.0170 e. The molecular formula is C13H18S. The van der Waals surface area contributed by atoms with E-state index in [0.717, 1.165) is 6.42 Å². The van der Waals surface area contributed by atoms with Crippen LogP contribution in [0.15, 0.2) is 30.3 Å². The number of rotatable bonds is 2. The molecule has 0 amide bonds. The lowest BCUT2D eigenvalue weighted by atomic mass is 9.84. The minimum absolute atomic E-state index is 0.277. The Morgan fingerprint density at radius 3 is 2.29 bits per heavy atom. The van der Waals surface area contributed by atoms with Gasteiger partial charge in [-0.2, -0.15) is 12.6 Å². The van der Waals surface area contributed by atoms with Crippen molar-refractivity contribution >= 4 is 12.6 Å². The Morgan fingerprint density at radius 1 is 1.00 bits per heavy atom. The zero-order valence-corrected chi connectivity index (χ0v) is 9.47. The molecule has 0 aromatic heterocycles. The second-order valence-electron chi connectivity index (χ2n) is 4.45. The molecule has 0 spiro atoms. The lowest BCUT2D eigenvalue weighted by molar-refractivity contribution is 0.398. The summed E-state index contributed by atoms with van der Waals surface area (Å²) in [6, 6.07) is 10.7. The molecule has 0 N–H and O–H groups in total. The first-order chi connectivity index (χ1) is 6.79. The first-order valence-corrected chi connectivity index (χ1v) is 6.00. The summed E-state index contributed by atoms with van der Waals surface area (Å²) in [5.74, 6) is 0. The van der Waals surface area contributed by atoms with Crippen LogP contribution in [0.5, 0.6) is 0 Å². The van der Waals surface area contributed by atoms with E-state index in [0.29, 0.717) is 0 Å². The average Bonchev–Trinajstić information content (AvgIpc) is 2.19. The van der Waals surface area contributed by atoms with Crippen LogP contribution in [-0.2, 0) is 6.42 Å². The Labute approximate surface area is 92.1 Å². The van der Waals surface area contributed by atoms with Gasteiger partial charge >= 0.3 is 0 Å². The second kappa shape index (κ2) is 4.39. The van der Waals surface area contributed by atoms with Crippen molar-refractivity contribution < 1.29 is 0 Å². The highest BCUT2D eigenvalue weighted by Crippen LogP contribution is 2.36. The zero-order chi connectivity index (χ0) is 9.86. The maximum Gasteiger partial charge on any atom is 0.0170 e. The maximum absolute atomic E-state index is 4.86. The highest BCUT2D eigenvalue weighted by Gasteiger charge is 2.27. The highest BCUT2D eigenvalue weighted by molar-refractivity contribution is 7.81. The number of hydrogen-bond donors (Lipinski definition) is 1. The summed E-state index contributed by atoms with van der Waals surface area (Å²) in [4.78, 5) is 0. The molecule has 76 valence electrons. The predicted octanol–water partition coefficient (Wildman–Crippen LogP) is 3.86. The Morgan fingerprint density at radius 2 is 1.64 bits per heavy atom. The van der Waals surface area contributed by atoms with Gasteiger partial charge in [-0.05, 0) is 24.8 Å². The fourth-order valence-electron chi connectivity index (χ4n) is 2.36. The number of thiol groups is 1. The Hall–Kier alpha value is -0.430. The van der Waals surface area contributed by atoms with E-state index in [1.165, 1.54) is 37.7 Å². The van der Waals surface area contributed by atoms with E-state index in [1.807, 2.05) is 0 Å². The van der Waals surface area contributed by atoms with Crippen molar-refractivity contribution in [3.63, 3.8) is 0 Å². The van der Waals surface area contributed by atoms with Crippen LogP contribution in [0.25, 0.3) is 0 Å². The molecule has 1 aromatic rings. The third-order valence-corrected chi connectivity index (χ3v) is 3.77. The van der Waals surface area contributed by atoms with Crippen molar-refractivity contribution in [2.75, 3.05) is 0 Å². The van der Waals surface area contributed by atoms with Gasteiger partial charge in [0.15, 0.2) is 0 Å². The molecule has 0 bridgehead atoms. The molecule has 1 aliphatic rings. The van der Waals surface area contributed by atoms with Crippen molar-refractivity contribution in [3.05, 3.63) is 35.9 Å². The molecule has 0 aliphatic heterocycles. The van der Waals surface area contributed by atoms with Gasteiger partial charge in [0.05, 0.1) is 0 Å². The van der Waals surface area contributed by atoms with Crippen LogP contribution in [0.1, 0.15) is 37.7 Å². The van der Waals surface area contributed by atoms with Gasteiger partial charge in [-0.1, -0.05) is 49.6 Å². The van der Waals surface area contributed by atoms with Gasteiger partial charge in [0.2, 0.25) is 0 Å². The molecular weight excluding hydrogens is 188 g/mol. The fourth-order valence-corrected chi connectivity index (χ4v) is 2.86. The van der Waals surface area contributed by atoms with Gasteiger partial charge < -0.3 is 0 Å². The maximum atomic E-state index is 4.86. The van der Waals surface area contributed by atoms with Crippen molar-refractivity contribution in [2.24, 2.45) is 0 Å². The lowest BCUT2D eigenvalue weighted by Crippen LogP contribution is -2.27. The number of hydrogen-bond acceptors (Lipinski definition) is 1. The average molecular weight is 206 g/mol. The molecule has 1 heteroatoms. The van der Waals surface area contributed by atoms with E-state index >= 15 is 0 Å². The van der Waals surface area contributed by atoms with E-state index in [1.54, 1.807) is 0 Å². The summed E-state index contributed by atoms with van der Waals surface area (Å²) in [5.41, 5.74) is 1.43. The Balaban J connectivity index is 2.02. The molecule has 0 radical (unpaired) electrons. The molecule has 14 heavy (non-hydrogen) atoms. The molecule has 0 unspecified atom stereocenters. The lowest BCUT2D eigenvalue weighted by Gasteiger charge is -2.32. The molecule has 0 saturated heterocycles. The van der Waals surface area contributed by atoms with E-state index < -0.39 is 0 Å². The number of benzene rings is 1. The van der Waals surface area contributed by atoms with Gasteiger partial charge in [-0.3, -0.25) is 0 Å². The van der Waals surface area contributed by atoms with Gasteiger partial charge in [0.25, 0.3) is 0 Å². The van der Waals surface area contributed by atoms with Crippen LogP contribution in [-0.4, -0.2) is 4.75 Å². The third kappa shape index (κ3) is 2.54. The molecule has 0 atom stereocenters. The minimum atomic E-state index is 0.277. The summed E-state index contributed by atoms with van der Waals surface area (Å²) >= 11 is 4.86. The molecule has 0 heterocycles. The predicted molar refractivity (Wildman–Crippen MR) is 64.9 cm³/mol. The van der Waals surface area contributed by atoms with Gasteiger partial charge in [0.1, 0.15) is 0 Å².